The summed E-state index contributed by atoms with van der Waals surface area (Å²) in [5.74, 6) is 0.433. The van der Waals surface area contributed by atoms with Gasteiger partial charge in [-0.2, -0.15) is 0 Å². The van der Waals surface area contributed by atoms with E-state index >= 15 is 0 Å². The number of nitrogens with one attached hydrogen (secondary N) is 1. The number of nitrogens with zero attached hydrogens (tertiary/aromatic N) is 1. The standard InChI is InChI=1S/C14H30N2O2/c1-11(2)9-16(10-12(3)4)8-7-14(5,15-6)13(17)18/h11-12,15H,7-10H2,1-6H3,(H,17,18). The Morgan fingerprint density at radius 2 is 1.67 bits per heavy atom. The quantitative estimate of drug-likeness (QED) is 0.664. The van der Waals surface area contributed by atoms with Gasteiger partial charge in [-0.05, 0) is 32.2 Å². The van der Waals surface area contributed by atoms with Crippen LogP contribution >= 0.6 is 0 Å². The second-order valence-corrected chi connectivity index (χ2v) is 6.18. The number of hydrogen-bond donors (Lipinski definition) is 2. The minimum absolute atomic E-state index is 0.606. The molecule has 0 amide bonds. The molecule has 0 fully saturated rings. The van der Waals surface area contributed by atoms with Crippen LogP contribution in [0.2, 0.25) is 0 Å². The minimum atomic E-state index is -0.827. The van der Waals surface area contributed by atoms with Crippen molar-refractivity contribution in [2.24, 2.45) is 11.8 Å². The van der Waals surface area contributed by atoms with Crippen molar-refractivity contribution in [3.05, 3.63) is 0 Å². The Morgan fingerprint density at radius 1 is 1.22 bits per heavy atom. The van der Waals surface area contributed by atoms with E-state index in [2.05, 4.69) is 37.9 Å². The summed E-state index contributed by atoms with van der Waals surface area (Å²) in [4.78, 5) is 13.6. The van der Waals surface area contributed by atoms with Crippen LogP contribution in [-0.2, 0) is 4.79 Å². The maximum atomic E-state index is 11.2. The van der Waals surface area contributed by atoms with Gasteiger partial charge in [-0.3, -0.25) is 4.79 Å². The van der Waals surface area contributed by atoms with E-state index in [1.807, 2.05) is 0 Å². The molecule has 0 aromatic heterocycles. The molecule has 0 heterocycles. The lowest BCUT2D eigenvalue weighted by atomic mass is 9.97. The zero-order valence-electron chi connectivity index (χ0n) is 12.8. The molecule has 0 saturated carbocycles. The molecule has 0 aliphatic rings. The van der Waals surface area contributed by atoms with E-state index in [9.17, 15) is 9.90 Å². The Bertz CT molecular complexity index is 244. The summed E-state index contributed by atoms with van der Waals surface area (Å²) < 4.78 is 0. The number of carboxylic acid groups (broad SMARTS) is 1. The predicted molar refractivity (Wildman–Crippen MR) is 75.8 cm³/mol. The van der Waals surface area contributed by atoms with Crippen LogP contribution in [0.1, 0.15) is 41.0 Å². The van der Waals surface area contributed by atoms with E-state index in [0.29, 0.717) is 18.3 Å². The Labute approximate surface area is 112 Å². The minimum Gasteiger partial charge on any atom is -0.480 e. The van der Waals surface area contributed by atoms with Gasteiger partial charge in [0.15, 0.2) is 0 Å². The average Bonchev–Trinajstić information content (AvgIpc) is 2.23. The molecule has 0 bridgehead atoms. The molecular weight excluding hydrogens is 228 g/mol. The summed E-state index contributed by atoms with van der Waals surface area (Å²) in [6.07, 6.45) is 0.623. The largest absolute Gasteiger partial charge is 0.480 e. The Morgan fingerprint density at radius 3 is 1.94 bits per heavy atom. The van der Waals surface area contributed by atoms with Crippen LogP contribution in [-0.4, -0.2) is 48.2 Å². The third-order valence-corrected chi connectivity index (χ3v) is 3.20. The molecule has 0 spiro atoms. The van der Waals surface area contributed by atoms with Crippen molar-refractivity contribution < 1.29 is 9.90 Å². The molecule has 0 radical (unpaired) electrons. The molecule has 1 unspecified atom stereocenters. The Balaban J connectivity index is 4.44. The molecule has 0 aromatic carbocycles. The van der Waals surface area contributed by atoms with E-state index < -0.39 is 11.5 Å². The Kier molecular flexibility index (Phi) is 7.48. The van der Waals surface area contributed by atoms with E-state index in [1.165, 1.54) is 0 Å². The smallest absolute Gasteiger partial charge is 0.323 e. The van der Waals surface area contributed by atoms with Crippen LogP contribution in [0.3, 0.4) is 0 Å². The first-order valence-corrected chi connectivity index (χ1v) is 6.86. The predicted octanol–water partition coefficient (Wildman–Crippen LogP) is 2.05. The van der Waals surface area contributed by atoms with Crippen molar-refractivity contribution in [2.45, 2.75) is 46.6 Å². The van der Waals surface area contributed by atoms with Crippen LogP contribution in [0.25, 0.3) is 0 Å². The normalized spacial score (nSPS) is 15.4. The van der Waals surface area contributed by atoms with Crippen molar-refractivity contribution in [1.82, 2.24) is 10.2 Å². The van der Waals surface area contributed by atoms with Gasteiger partial charge in [0.25, 0.3) is 0 Å². The van der Waals surface area contributed by atoms with Gasteiger partial charge in [-0.25, -0.2) is 0 Å². The molecule has 4 heteroatoms. The maximum Gasteiger partial charge on any atom is 0.323 e. The number of hydrogen-bond acceptors (Lipinski definition) is 3. The van der Waals surface area contributed by atoms with Crippen molar-refractivity contribution in [3.8, 4) is 0 Å². The molecule has 0 saturated heterocycles. The van der Waals surface area contributed by atoms with Gasteiger partial charge >= 0.3 is 5.97 Å². The molecule has 0 aliphatic carbocycles. The summed E-state index contributed by atoms with van der Waals surface area (Å²) in [6.45, 7) is 13.4. The molecule has 2 N–H and O–H groups in total. The first-order valence-electron chi connectivity index (χ1n) is 6.86. The van der Waals surface area contributed by atoms with Crippen LogP contribution in [0.5, 0.6) is 0 Å². The van der Waals surface area contributed by atoms with Crippen LogP contribution in [0.15, 0.2) is 0 Å². The first kappa shape index (κ1) is 17.4. The highest BCUT2D eigenvalue weighted by molar-refractivity contribution is 5.78. The van der Waals surface area contributed by atoms with Crippen molar-refractivity contribution >= 4 is 5.97 Å². The molecule has 0 rings (SSSR count). The molecule has 4 nitrogen and oxygen atoms in total. The summed E-state index contributed by atoms with van der Waals surface area (Å²) in [7, 11) is 1.71. The van der Waals surface area contributed by atoms with Gasteiger partial charge in [0.2, 0.25) is 0 Å². The lowest BCUT2D eigenvalue weighted by molar-refractivity contribution is -0.144. The van der Waals surface area contributed by atoms with E-state index in [-0.39, 0.29) is 0 Å². The third-order valence-electron chi connectivity index (χ3n) is 3.20. The van der Waals surface area contributed by atoms with Gasteiger partial charge in [0.05, 0.1) is 0 Å². The molecule has 1 atom stereocenters. The number of carboxylic acids is 1. The van der Waals surface area contributed by atoms with Crippen molar-refractivity contribution in [3.63, 3.8) is 0 Å². The van der Waals surface area contributed by atoms with E-state index in [4.69, 9.17) is 0 Å². The third kappa shape index (κ3) is 6.36. The van der Waals surface area contributed by atoms with Crippen molar-refractivity contribution in [1.29, 1.82) is 0 Å². The molecule has 0 aromatic rings. The van der Waals surface area contributed by atoms with Gasteiger partial charge in [-0.1, -0.05) is 27.7 Å². The van der Waals surface area contributed by atoms with Crippen LogP contribution < -0.4 is 5.32 Å². The zero-order valence-corrected chi connectivity index (χ0v) is 12.8. The fourth-order valence-corrected chi connectivity index (χ4v) is 2.01. The zero-order chi connectivity index (χ0) is 14.3. The molecule has 18 heavy (non-hydrogen) atoms. The average molecular weight is 258 g/mol. The number of likely N-dealkylation sites (N-methyl/N-ethyl adjacent to an activating group) is 1. The lowest BCUT2D eigenvalue weighted by Crippen LogP contribution is -2.50. The summed E-state index contributed by atoms with van der Waals surface area (Å²) in [5, 5.41) is 12.1. The number of aliphatic carboxylic acids is 1. The highest BCUT2D eigenvalue weighted by Gasteiger charge is 2.31. The summed E-state index contributed by atoms with van der Waals surface area (Å²) in [6, 6.07) is 0. The Hall–Kier alpha value is -0.610. The van der Waals surface area contributed by atoms with E-state index in [0.717, 1.165) is 19.6 Å². The maximum absolute atomic E-state index is 11.2. The fourth-order valence-electron chi connectivity index (χ4n) is 2.01. The van der Waals surface area contributed by atoms with Gasteiger partial charge in [-0.15, -0.1) is 0 Å². The van der Waals surface area contributed by atoms with Crippen LogP contribution in [0.4, 0.5) is 0 Å². The highest BCUT2D eigenvalue weighted by Crippen LogP contribution is 2.12. The van der Waals surface area contributed by atoms with E-state index in [1.54, 1.807) is 14.0 Å². The van der Waals surface area contributed by atoms with Gasteiger partial charge in [0, 0.05) is 19.6 Å². The van der Waals surface area contributed by atoms with Gasteiger partial charge in [0.1, 0.15) is 5.54 Å². The second kappa shape index (κ2) is 7.74. The number of rotatable bonds is 9. The van der Waals surface area contributed by atoms with Crippen LogP contribution in [0, 0.1) is 11.8 Å². The van der Waals surface area contributed by atoms with Gasteiger partial charge < -0.3 is 15.3 Å². The number of carbonyl (C=O) groups is 1. The summed E-state index contributed by atoms with van der Waals surface area (Å²) in [5.41, 5.74) is -0.827. The fraction of sp³-hybridized carbons (Fsp3) is 0.929. The lowest BCUT2D eigenvalue weighted by Gasteiger charge is -2.31. The molecule has 0 aliphatic heterocycles. The second-order valence-electron chi connectivity index (χ2n) is 6.18. The molecule has 108 valence electrons. The first-order chi connectivity index (χ1) is 8.21. The topological polar surface area (TPSA) is 52.6 Å². The van der Waals surface area contributed by atoms with Crippen molar-refractivity contribution in [2.75, 3.05) is 26.7 Å². The molecular formula is C14H30N2O2. The summed E-state index contributed by atoms with van der Waals surface area (Å²) >= 11 is 0. The SMILES string of the molecule is CNC(C)(CCN(CC(C)C)CC(C)C)C(=O)O. The highest BCUT2D eigenvalue weighted by atomic mass is 16.4. The monoisotopic (exact) mass is 258 g/mol.